The topological polar surface area (TPSA) is 72.7 Å². The molecule has 0 saturated carbocycles. The molecule has 1 aromatic carbocycles. The van der Waals surface area contributed by atoms with Gasteiger partial charge in [-0.05, 0) is 31.9 Å². The van der Waals surface area contributed by atoms with Crippen molar-refractivity contribution in [3.05, 3.63) is 42.1 Å². The fourth-order valence-electron chi connectivity index (χ4n) is 2.93. The van der Waals surface area contributed by atoms with Gasteiger partial charge in [-0.3, -0.25) is 0 Å². The molecule has 3 rings (SSSR count). The standard InChI is InChI=1S/C18H24N4O2/c1-14-12-16(22-10-8-18(24,13-23)9-11-22)20-17(19-14)21(2)15-6-4-3-5-7-15/h3-7,12,23-24H,8-11,13H2,1-2H3. The number of rotatable bonds is 4. The zero-order valence-electron chi connectivity index (χ0n) is 14.2. The van der Waals surface area contributed by atoms with Crippen molar-refractivity contribution >= 4 is 17.5 Å². The third-order valence-corrected chi connectivity index (χ3v) is 4.58. The molecule has 2 heterocycles. The molecule has 0 radical (unpaired) electrons. The Morgan fingerprint density at radius 1 is 1.17 bits per heavy atom. The minimum absolute atomic E-state index is 0.189. The molecule has 128 valence electrons. The van der Waals surface area contributed by atoms with Crippen LogP contribution in [-0.4, -0.2) is 52.5 Å². The molecule has 1 saturated heterocycles. The van der Waals surface area contributed by atoms with Crippen molar-refractivity contribution in [3.8, 4) is 0 Å². The lowest BCUT2D eigenvalue weighted by atomic mass is 9.92. The van der Waals surface area contributed by atoms with Crippen LogP contribution in [0.4, 0.5) is 17.5 Å². The summed E-state index contributed by atoms with van der Waals surface area (Å²) in [5.41, 5.74) is 0.977. The van der Waals surface area contributed by atoms with Crippen molar-refractivity contribution in [2.75, 3.05) is 36.5 Å². The molecule has 2 N–H and O–H groups in total. The number of hydrogen-bond acceptors (Lipinski definition) is 6. The Labute approximate surface area is 142 Å². The molecule has 24 heavy (non-hydrogen) atoms. The molecule has 2 aromatic rings. The Hall–Kier alpha value is -2.18. The number of anilines is 3. The summed E-state index contributed by atoms with van der Waals surface area (Å²) >= 11 is 0. The van der Waals surface area contributed by atoms with Crippen LogP contribution >= 0.6 is 0 Å². The Morgan fingerprint density at radius 2 is 1.83 bits per heavy atom. The van der Waals surface area contributed by atoms with Crippen molar-refractivity contribution in [1.82, 2.24) is 9.97 Å². The van der Waals surface area contributed by atoms with Gasteiger partial charge in [0, 0.05) is 37.6 Å². The molecule has 6 nitrogen and oxygen atoms in total. The average molecular weight is 328 g/mol. The van der Waals surface area contributed by atoms with E-state index >= 15 is 0 Å². The third-order valence-electron chi connectivity index (χ3n) is 4.58. The molecule has 1 fully saturated rings. The Morgan fingerprint density at radius 3 is 2.46 bits per heavy atom. The maximum absolute atomic E-state index is 10.2. The predicted octanol–water partition coefficient (Wildman–Crippen LogP) is 1.88. The van der Waals surface area contributed by atoms with E-state index in [0.29, 0.717) is 31.9 Å². The van der Waals surface area contributed by atoms with E-state index in [1.807, 2.05) is 55.3 Å². The number of aryl methyl sites for hydroxylation is 1. The molecular formula is C18H24N4O2. The number of piperidine rings is 1. The molecule has 0 bridgehead atoms. The largest absolute Gasteiger partial charge is 0.393 e. The number of hydrogen-bond donors (Lipinski definition) is 2. The van der Waals surface area contributed by atoms with Crippen LogP contribution in [0.2, 0.25) is 0 Å². The molecule has 0 atom stereocenters. The number of para-hydroxylation sites is 1. The Kier molecular flexibility index (Phi) is 4.69. The van der Waals surface area contributed by atoms with Gasteiger partial charge in [0.25, 0.3) is 0 Å². The SMILES string of the molecule is Cc1cc(N2CCC(O)(CO)CC2)nc(N(C)c2ccccc2)n1. The Bertz CT molecular complexity index is 685. The number of benzene rings is 1. The number of aliphatic hydroxyl groups excluding tert-OH is 1. The Balaban J connectivity index is 1.82. The maximum atomic E-state index is 10.2. The van der Waals surface area contributed by atoms with Gasteiger partial charge in [0.05, 0.1) is 12.2 Å². The van der Waals surface area contributed by atoms with Gasteiger partial charge >= 0.3 is 0 Å². The molecule has 0 spiro atoms. The summed E-state index contributed by atoms with van der Waals surface area (Å²) in [6.07, 6.45) is 1.08. The smallest absolute Gasteiger partial charge is 0.231 e. The monoisotopic (exact) mass is 328 g/mol. The molecule has 0 unspecified atom stereocenters. The molecule has 1 aliphatic heterocycles. The van der Waals surface area contributed by atoms with Gasteiger partial charge < -0.3 is 20.0 Å². The van der Waals surface area contributed by atoms with E-state index in [1.165, 1.54) is 0 Å². The highest BCUT2D eigenvalue weighted by Gasteiger charge is 2.32. The van der Waals surface area contributed by atoms with E-state index in [4.69, 9.17) is 4.98 Å². The van der Waals surface area contributed by atoms with Gasteiger partial charge in [0.15, 0.2) is 0 Å². The number of nitrogens with zero attached hydrogens (tertiary/aromatic N) is 4. The fraction of sp³-hybridized carbons (Fsp3) is 0.444. The second kappa shape index (κ2) is 6.75. The zero-order chi connectivity index (χ0) is 17.2. The fourth-order valence-corrected chi connectivity index (χ4v) is 2.93. The third kappa shape index (κ3) is 3.49. The van der Waals surface area contributed by atoms with Gasteiger partial charge in [-0.2, -0.15) is 4.98 Å². The van der Waals surface area contributed by atoms with E-state index in [2.05, 4.69) is 9.88 Å². The quantitative estimate of drug-likeness (QED) is 0.893. The van der Waals surface area contributed by atoms with Gasteiger partial charge in [0.2, 0.25) is 5.95 Å². The highest BCUT2D eigenvalue weighted by atomic mass is 16.3. The number of aromatic nitrogens is 2. The second-order valence-corrected chi connectivity index (χ2v) is 6.43. The average Bonchev–Trinajstić information content (AvgIpc) is 2.62. The first-order chi connectivity index (χ1) is 11.5. The van der Waals surface area contributed by atoms with Crippen LogP contribution in [0.1, 0.15) is 18.5 Å². The molecule has 0 amide bonds. The van der Waals surface area contributed by atoms with Crippen molar-refractivity contribution < 1.29 is 10.2 Å². The molecule has 1 aromatic heterocycles. The predicted molar refractivity (Wildman–Crippen MR) is 94.8 cm³/mol. The van der Waals surface area contributed by atoms with Crippen molar-refractivity contribution in [1.29, 1.82) is 0 Å². The molecular weight excluding hydrogens is 304 g/mol. The lowest BCUT2D eigenvalue weighted by molar-refractivity contribution is -0.0326. The van der Waals surface area contributed by atoms with Crippen molar-refractivity contribution in [2.24, 2.45) is 0 Å². The summed E-state index contributed by atoms with van der Waals surface area (Å²) in [5.74, 6) is 1.51. The summed E-state index contributed by atoms with van der Waals surface area (Å²) in [6, 6.07) is 12.0. The molecule has 0 aliphatic carbocycles. The minimum Gasteiger partial charge on any atom is -0.393 e. The minimum atomic E-state index is -0.956. The van der Waals surface area contributed by atoms with Crippen LogP contribution < -0.4 is 9.80 Å². The summed E-state index contributed by atoms with van der Waals surface area (Å²) in [4.78, 5) is 13.4. The summed E-state index contributed by atoms with van der Waals surface area (Å²) in [5, 5.41) is 19.5. The first-order valence-corrected chi connectivity index (χ1v) is 8.23. The van der Waals surface area contributed by atoms with Crippen molar-refractivity contribution in [2.45, 2.75) is 25.4 Å². The summed E-state index contributed by atoms with van der Waals surface area (Å²) < 4.78 is 0. The first-order valence-electron chi connectivity index (χ1n) is 8.23. The highest BCUT2D eigenvalue weighted by molar-refractivity contribution is 5.58. The summed E-state index contributed by atoms with van der Waals surface area (Å²) in [7, 11) is 1.95. The van der Waals surface area contributed by atoms with E-state index in [1.54, 1.807) is 0 Å². The van der Waals surface area contributed by atoms with Crippen LogP contribution in [0.25, 0.3) is 0 Å². The van der Waals surface area contributed by atoms with Gasteiger partial charge in [-0.1, -0.05) is 18.2 Å². The second-order valence-electron chi connectivity index (χ2n) is 6.43. The van der Waals surface area contributed by atoms with Gasteiger partial charge in [-0.25, -0.2) is 4.98 Å². The highest BCUT2D eigenvalue weighted by Crippen LogP contribution is 2.27. The van der Waals surface area contributed by atoms with Crippen LogP contribution in [0.5, 0.6) is 0 Å². The molecule has 6 heteroatoms. The van der Waals surface area contributed by atoms with Crippen molar-refractivity contribution in [3.63, 3.8) is 0 Å². The van der Waals surface area contributed by atoms with Crippen LogP contribution in [0, 0.1) is 6.92 Å². The van der Waals surface area contributed by atoms with Gasteiger partial charge in [0.1, 0.15) is 5.82 Å². The van der Waals surface area contributed by atoms with Crippen LogP contribution in [0.15, 0.2) is 36.4 Å². The van der Waals surface area contributed by atoms with Crippen LogP contribution in [-0.2, 0) is 0 Å². The first kappa shape index (κ1) is 16.7. The normalized spacial score (nSPS) is 16.9. The van der Waals surface area contributed by atoms with E-state index in [-0.39, 0.29) is 6.61 Å². The molecule has 1 aliphatic rings. The van der Waals surface area contributed by atoms with Crippen LogP contribution in [0.3, 0.4) is 0 Å². The van der Waals surface area contributed by atoms with E-state index in [0.717, 1.165) is 17.2 Å². The summed E-state index contributed by atoms with van der Waals surface area (Å²) in [6.45, 7) is 3.11. The van der Waals surface area contributed by atoms with Gasteiger partial charge in [-0.15, -0.1) is 0 Å². The van der Waals surface area contributed by atoms with E-state index < -0.39 is 5.60 Å². The maximum Gasteiger partial charge on any atom is 0.231 e. The number of aliphatic hydroxyl groups is 2. The lowest BCUT2D eigenvalue weighted by Gasteiger charge is -2.37. The zero-order valence-corrected chi connectivity index (χ0v) is 14.2. The lowest BCUT2D eigenvalue weighted by Crippen LogP contribution is -2.47. The van der Waals surface area contributed by atoms with E-state index in [9.17, 15) is 10.2 Å².